The number of nitrogens with one attached hydrogen (secondary N) is 3. The van der Waals surface area contributed by atoms with Gasteiger partial charge in [-0.3, -0.25) is 19.7 Å². The van der Waals surface area contributed by atoms with Crippen molar-refractivity contribution in [1.29, 1.82) is 5.41 Å². The third-order valence-corrected chi connectivity index (χ3v) is 10.3. The molecule has 0 radical (unpaired) electrons. The van der Waals surface area contributed by atoms with E-state index in [1.807, 2.05) is 48.4 Å². The molecule has 1 aliphatic carbocycles. The molecule has 1 aliphatic heterocycles. The normalized spacial score (nSPS) is 16.3. The Kier molecular flexibility index (Phi) is 11.3. The van der Waals surface area contributed by atoms with Crippen LogP contribution in [0.15, 0.2) is 60.9 Å². The first-order valence-corrected chi connectivity index (χ1v) is 18.0. The third-order valence-electron chi connectivity index (χ3n) is 9.98. The van der Waals surface area contributed by atoms with Crippen molar-refractivity contribution in [2.45, 2.75) is 64.5 Å². The van der Waals surface area contributed by atoms with Gasteiger partial charge in [0.1, 0.15) is 17.6 Å². The molecule has 0 bridgehead atoms. The van der Waals surface area contributed by atoms with Crippen LogP contribution in [0.1, 0.15) is 70.6 Å². The zero-order valence-corrected chi connectivity index (χ0v) is 30.4. The molecule has 3 atom stereocenters. The highest BCUT2D eigenvalue weighted by Crippen LogP contribution is 2.57. The number of carboxylic acids is 1. The maximum absolute atomic E-state index is 15.4. The van der Waals surface area contributed by atoms with Gasteiger partial charge in [0.2, 0.25) is 5.91 Å². The fourth-order valence-corrected chi connectivity index (χ4v) is 7.18. The van der Waals surface area contributed by atoms with Gasteiger partial charge in [0.15, 0.2) is 5.96 Å². The zero-order chi connectivity index (χ0) is 37.8. The number of hydrogen-bond donors (Lipinski definition) is 5. The standard InChI is InChI=1S/C39H43ClFN7O5/c1-22-7-3-11-34(23(22)2)53-14-6-12-35(49)48-20-25-15-28(25)36-27(8-4-10-33(36)48)26-18-45-47(19-26)21-29-30(40)16-24(17-31(29)41)37(50)44-13-5-9-32(38(51)52)46-39(42)43/h3-4,7-8,10-11,16-19,25,28,32H,5-6,9,12-15,20-21H2,1-2H3,(H,44,50)(H,51,52)(H4,42,43,46)/t25?,28?,32-/m0/s1. The molecular formula is C39H43ClFN7O5. The van der Waals surface area contributed by atoms with Crippen LogP contribution in [0.3, 0.4) is 0 Å². The first kappa shape index (κ1) is 37.3. The Labute approximate surface area is 312 Å². The molecule has 1 aromatic heterocycles. The van der Waals surface area contributed by atoms with Gasteiger partial charge in [-0.1, -0.05) is 35.9 Å². The number of anilines is 1. The molecule has 2 amide bonds. The Morgan fingerprint density at radius 3 is 2.72 bits per heavy atom. The first-order valence-electron chi connectivity index (χ1n) is 17.7. The van der Waals surface area contributed by atoms with Gasteiger partial charge in [-0.15, -0.1) is 0 Å². The second-order valence-corrected chi connectivity index (χ2v) is 14.1. The van der Waals surface area contributed by atoms with Gasteiger partial charge in [0, 0.05) is 53.1 Å². The van der Waals surface area contributed by atoms with E-state index in [0.717, 1.165) is 46.2 Å². The summed E-state index contributed by atoms with van der Waals surface area (Å²) >= 11 is 6.48. The number of amides is 2. The lowest BCUT2D eigenvalue weighted by Gasteiger charge is -2.30. The number of aromatic nitrogens is 2. The monoisotopic (exact) mass is 743 g/mol. The summed E-state index contributed by atoms with van der Waals surface area (Å²) in [7, 11) is 0. The van der Waals surface area contributed by atoms with Gasteiger partial charge in [-0.05, 0) is 97.9 Å². The summed E-state index contributed by atoms with van der Waals surface area (Å²) in [6, 6.07) is 13.4. The third kappa shape index (κ3) is 8.62. The molecule has 2 heterocycles. The van der Waals surface area contributed by atoms with E-state index in [1.165, 1.54) is 11.6 Å². The zero-order valence-electron chi connectivity index (χ0n) is 29.6. The number of nitrogens with two attached hydrogens (primary N) is 1. The Balaban J connectivity index is 1.08. The summed E-state index contributed by atoms with van der Waals surface area (Å²) in [5.41, 5.74) is 11.6. The van der Waals surface area contributed by atoms with E-state index in [0.29, 0.717) is 37.8 Å². The van der Waals surface area contributed by atoms with Crippen molar-refractivity contribution in [3.8, 4) is 16.9 Å². The van der Waals surface area contributed by atoms with Gasteiger partial charge >= 0.3 is 5.97 Å². The largest absolute Gasteiger partial charge is 0.493 e. The van der Waals surface area contributed by atoms with Gasteiger partial charge in [0.05, 0.1) is 19.3 Å². The van der Waals surface area contributed by atoms with Crippen LogP contribution in [0.5, 0.6) is 5.75 Å². The second-order valence-electron chi connectivity index (χ2n) is 13.7. The highest BCUT2D eigenvalue weighted by Gasteiger charge is 2.47. The SMILES string of the molecule is Cc1cccc(OCCCC(=O)N2CC3CC3c3c(-c4cnn(Cc5c(F)cc(C(=O)NCCC[C@H](NC(=N)N)C(=O)O)cc5Cl)c4)cccc32)c1C. The molecule has 53 heavy (non-hydrogen) atoms. The van der Waals surface area contributed by atoms with Crippen molar-refractivity contribution in [2.75, 3.05) is 24.6 Å². The number of nitrogens with zero attached hydrogens (tertiary/aromatic N) is 3. The highest BCUT2D eigenvalue weighted by atomic mass is 35.5. The van der Waals surface area contributed by atoms with Gasteiger partial charge in [0.25, 0.3) is 5.91 Å². The lowest BCUT2D eigenvalue weighted by Crippen LogP contribution is -2.44. The Hall–Kier alpha value is -5.43. The van der Waals surface area contributed by atoms with Crippen molar-refractivity contribution in [1.82, 2.24) is 20.4 Å². The summed E-state index contributed by atoms with van der Waals surface area (Å²) in [5.74, 6) is -1.16. The van der Waals surface area contributed by atoms with Gasteiger partial charge in [-0.2, -0.15) is 5.10 Å². The van der Waals surface area contributed by atoms with Crippen molar-refractivity contribution in [3.05, 3.63) is 99.6 Å². The number of rotatable bonds is 15. The minimum Gasteiger partial charge on any atom is -0.493 e. The number of guanidine groups is 1. The van der Waals surface area contributed by atoms with Gasteiger partial charge in [-0.25, -0.2) is 9.18 Å². The predicted octanol–water partition coefficient (Wildman–Crippen LogP) is 5.76. The van der Waals surface area contributed by atoms with Crippen LogP contribution >= 0.6 is 11.6 Å². The molecule has 0 spiro atoms. The number of fused-ring (bicyclic) bond motifs is 3. The van der Waals surface area contributed by atoms with Crippen molar-refractivity contribution in [3.63, 3.8) is 0 Å². The highest BCUT2D eigenvalue weighted by molar-refractivity contribution is 6.31. The average molecular weight is 744 g/mol. The average Bonchev–Trinajstić information content (AvgIpc) is 3.77. The molecular weight excluding hydrogens is 701 g/mol. The fourth-order valence-electron chi connectivity index (χ4n) is 6.91. The molecule has 3 aromatic carbocycles. The number of carbonyl (C=O) groups excluding carboxylic acids is 2. The number of ether oxygens (including phenoxy) is 1. The van der Waals surface area contributed by atoms with Crippen molar-refractivity contribution >= 4 is 41.0 Å². The van der Waals surface area contributed by atoms with Crippen LogP contribution in [0.2, 0.25) is 5.02 Å². The molecule has 6 rings (SSSR count). The molecule has 1 saturated carbocycles. The summed E-state index contributed by atoms with van der Waals surface area (Å²) in [4.78, 5) is 39.5. The molecule has 14 heteroatoms. The number of hydrogen-bond acceptors (Lipinski definition) is 6. The number of aliphatic carboxylic acids is 1. The molecule has 2 aliphatic rings. The smallest absolute Gasteiger partial charge is 0.326 e. The van der Waals surface area contributed by atoms with Gasteiger partial charge < -0.3 is 31.1 Å². The first-order chi connectivity index (χ1) is 25.4. The van der Waals surface area contributed by atoms with Crippen LogP contribution in [-0.4, -0.2) is 64.4 Å². The second kappa shape index (κ2) is 16.1. The van der Waals surface area contributed by atoms with Crippen molar-refractivity contribution in [2.24, 2.45) is 11.7 Å². The van der Waals surface area contributed by atoms with Crippen LogP contribution in [0, 0.1) is 31.0 Å². The minimum atomic E-state index is -1.17. The Morgan fingerprint density at radius 2 is 1.96 bits per heavy atom. The maximum atomic E-state index is 15.4. The topological polar surface area (TPSA) is 176 Å². The number of carboxylic acid groups (broad SMARTS) is 1. The Bertz CT molecular complexity index is 2030. The number of carbonyl (C=O) groups is 3. The quantitative estimate of drug-likeness (QED) is 0.0580. The lowest BCUT2D eigenvalue weighted by atomic mass is 9.92. The number of aryl methyl sites for hydroxylation is 1. The van der Waals surface area contributed by atoms with E-state index in [9.17, 15) is 19.5 Å². The lowest BCUT2D eigenvalue weighted by molar-refractivity contribution is -0.139. The van der Waals surface area contributed by atoms with E-state index >= 15 is 4.39 Å². The molecule has 2 unspecified atom stereocenters. The summed E-state index contributed by atoms with van der Waals surface area (Å²) in [6.45, 7) is 5.40. The minimum absolute atomic E-state index is 0.0250. The molecule has 0 saturated heterocycles. The van der Waals surface area contributed by atoms with Crippen LogP contribution in [0.4, 0.5) is 10.1 Å². The summed E-state index contributed by atoms with van der Waals surface area (Å²) in [6.07, 6.45) is 5.96. The molecule has 278 valence electrons. The summed E-state index contributed by atoms with van der Waals surface area (Å²) in [5, 5.41) is 26.0. The van der Waals surface area contributed by atoms with E-state index in [1.54, 1.807) is 10.9 Å². The van der Waals surface area contributed by atoms with E-state index in [2.05, 4.69) is 28.7 Å². The molecule has 6 N–H and O–H groups in total. The number of benzene rings is 3. The Morgan fingerprint density at radius 1 is 1.17 bits per heavy atom. The predicted molar refractivity (Wildman–Crippen MR) is 200 cm³/mol. The molecule has 12 nitrogen and oxygen atoms in total. The van der Waals surface area contributed by atoms with E-state index < -0.39 is 29.7 Å². The van der Waals surface area contributed by atoms with Crippen molar-refractivity contribution < 1.29 is 28.6 Å². The fraction of sp³-hybridized carbons (Fsp3) is 0.359. The van der Waals surface area contributed by atoms with Crippen LogP contribution in [-0.2, 0) is 16.1 Å². The van der Waals surface area contributed by atoms with Crippen LogP contribution in [0.25, 0.3) is 11.1 Å². The van der Waals surface area contributed by atoms with E-state index in [4.69, 9.17) is 27.5 Å². The molecule has 1 fully saturated rings. The number of halogens is 2. The maximum Gasteiger partial charge on any atom is 0.326 e. The summed E-state index contributed by atoms with van der Waals surface area (Å²) < 4.78 is 23.0. The van der Waals surface area contributed by atoms with E-state index in [-0.39, 0.29) is 48.0 Å². The van der Waals surface area contributed by atoms with Crippen LogP contribution < -0.4 is 26.0 Å². The molecule has 4 aromatic rings.